The lowest BCUT2D eigenvalue weighted by Gasteiger charge is -2.07. The molecule has 6 heteroatoms. The molecule has 2 rings (SSSR count). The van der Waals surface area contributed by atoms with Gasteiger partial charge in [0.1, 0.15) is 5.69 Å². The summed E-state index contributed by atoms with van der Waals surface area (Å²) in [7, 11) is 0. The minimum Gasteiger partial charge on any atom is -0.357 e. The molecule has 0 aliphatic rings. The Morgan fingerprint density at radius 3 is 2.65 bits per heavy atom. The number of nitrogens with one attached hydrogen (secondary N) is 3. The summed E-state index contributed by atoms with van der Waals surface area (Å²) in [6.07, 6.45) is 3.64. The minimum absolute atomic E-state index is 0.340. The number of carbonyl (C=O) groups is 2. The number of thioether (sulfide) groups is 1. The van der Waals surface area contributed by atoms with E-state index in [1.807, 2.05) is 24.5 Å². The SMILES string of the molecule is CSCc1cccc(C(=O)NNC(=O)c2ccc[nH]2)c1. The summed E-state index contributed by atoms with van der Waals surface area (Å²) in [5.74, 6) is 0.118. The molecule has 1 aromatic carbocycles. The summed E-state index contributed by atoms with van der Waals surface area (Å²) in [6, 6.07) is 10.6. The molecule has 2 amide bonds. The van der Waals surface area contributed by atoms with Crippen molar-refractivity contribution in [3.05, 3.63) is 59.4 Å². The van der Waals surface area contributed by atoms with Crippen LogP contribution in [0.1, 0.15) is 26.4 Å². The maximum absolute atomic E-state index is 11.9. The Hall–Kier alpha value is -2.21. The highest BCUT2D eigenvalue weighted by Crippen LogP contribution is 2.11. The number of aromatic nitrogens is 1. The van der Waals surface area contributed by atoms with Crippen molar-refractivity contribution < 1.29 is 9.59 Å². The van der Waals surface area contributed by atoms with Gasteiger partial charge in [0.25, 0.3) is 11.8 Å². The Morgan fingerprint density at radius 2 is 1.95 bits per heavy atom. The van der Waals surface area contributed by atoms with Crippen molar-refractivity contribution in [3.63, 3.8) is 0 Å². The Bertz CT molecular complexity index is 596. The highest BCUT2D eigenvalue weighted by Gasteiger charge is 2.09. The fraction of sp³-hybridized carbons (Fsp3) is 0.143. The van der Waals surface area contributed by atoms with E-state index in [1.54, 1.807) is 36.2 Å². The van der Waals surface area contributed by atoms with E-state index in [1.165, 1.54) is 0 Å². The highest BCUT2D eigenvalue weighted by atomic mass is 32.2. The topological polar surface area (TPSA) is 74.0 Å². The molecule has 1 aromatic heterocycles. The molecular formula is C14H15N3O2S. The lowest BCUT2D eigenvalue weighted by molar-refractivity contribution is 0.0844. The number of hydrazine groups is 1. The molecule has 0 fully saturated rings. The van der Waals surface area contributed by atoms with E-state index < -0.39 is 0 Å². The quantitative estimate of drug-likeness (QED) is 0.753. The molecule has 0 saturated carbocycles. The number of hydrogen-bond acceptors (Lipinski definition) is 3. The number of benzene rings is 1. The van der Waals surface area contributed by atoms with E-state index in [0.717, 1.165) is 11.3 Å². The molecule has 3 N–H and O–H groups in total. The molecule has 0 saturated heterocycles. The molecule has 0 spiro atoms. The van der Waals surface area contributed by atoms with Gasteiger partial charge in [-0.3, -0.25) is 20.4 Å². The molecule has 0 aliphatic carbocycles. The first-order valence-electron chi connectivity index (χ1n) is 6.02. The summed E-state index contributed by atoms with van der Waals surface area (Å²) in [4.78, 5) is 26.3. The number of H-pyrrole nitrogens is 1. The van der Waals surface area contributed by atoms with E-state index in [9.17, 15) is 9.59 Å². The monoisotopic (exact) mass is 289 g/mol. The third kappa shape index (κ3) is 3.64. The first-order valence-corrected chi connectivity index (χ1v) is 7.42. The van der Waals surface area contributed by atoms with Crippen molar-refractivity contribution >= 4 is 23.6 Å². The molecule has 2 aromatic rings. The van der Waals surface area contributed by atoms with Crippen molar-refractivity contribution in [2.24, 2.45) is 0 Å². The lowest BCUT2D eigenvalue weighted by Crippen LogP contribution is -2.41. The zero-order valence-corrected chi connectivity index (χ0v) is 11.8. The van der Waals surface area contributed by atoms with Gasteiger partial charge in [-0.1, -0.05) is 12.1 Å². The third-order valence-electron chi connectivity index (χ3n) is 2.63. The lowest BCUT2D eigenvalue weighted by atomic mass is 10.1. The van der Waals surface area contributed by atoms with Crippen LogP contribution in [0.25, 0.3) is 0 Å². The molecule has 104 valence electrons. The van der Waals surface area contributed by atoms with E-state index in [4.69, 9.17) is 0 Å². The zero-order chi connectivity index (χ0) is 14.4. The predicted octanol–water partition coefficient (Wildman–Crippen LogP) is 1.95. The van der Waals surface area contributed by atoms with Gasteiger partial charge in [-0.2, -0.15) is 11.8 Å². The van der Waals surface area contributed by atoms with Gasteiger partial charge >= 0.3 is 0 Å². The molecule has 0 atom stereocenters. The summed E-state index contributed by atoms with van der Waals surface area (Å²) in [5.41, 5.74) is 6.73. The Balaban J connectivity index is 1.95. The fourth-order valence-corrected chi connectivity index (χ4v) is 2.21. The van der Waals surface area contributed by atoms with Crippen LogP contribution in [0.2, 0.25) is 0 Å². The third-order valence-corrected chi connectivity index (χ3v) is 3.25. The van der Waals surface area contributed by atoms with Gasteiger partial charge in [0.2, 0.25) is 0 Å². The van der Waals surface area contributed by atoms with Crippen molar-refractivity contribution in [1.82, 2.24) is 15.8 Å². The van der Waals surface area contributed by atoms with Crippen LogP contribution in [0, 0.1) is 0 Å². The number of amides is 2. The largest absolute Gasteiger partial charge is 0.357 e. The van der Waals surface area contributed by atoms with Crippen LogP contribution in [-0.2, 0) is 5.75 Å². The summed E-state index contributed by atoms with van der Waals surface area (Å²) in [5, 5.41) is 0. The molecule has 1 heterocycles. The maximum atomic E-state index is 11.9. The number of hydrogen-bond donors (Lipinski definition) is 3. The van der Waals surface area contributed by atoms with Crippen LogP contribution in [0.5, 0.6) is 0 Å². The maximum Gasteiger partial charge on any atom is 0.286 e. The van der Waals surface area contributed by atoms with Crippen molar-refractivity contribution in [3.8, 4) is 0 Å². The molecule has 0 unspecified atom stereocenters. The van der Waals surface area contributed by atoms with Gasteiger partial charge in [-0.25, -0.2) is 0 Å². The fourth-order valence-electron chi connectivity index (χ4n) is 1.69. The standard InChI is InChI=1S/C14H15N3O2S/c1-20-9-10-4-2-5-11(8-10)13(18)16-17-14(19)12-6-3-7-15-12/h2-8,15H,9H2,1H3,(H,16,18)(H,17,19). The van der Waals surface area contributed by atoms with Crippen molar-refractivity contribution in [2.75, 3.05) is 6.26 Å². The zero-order valence-electron chi connectivity index (χ0n) is 11.0. The molecule has 0 radical (unpaired) electrons. The average Bonchev–Trinajstić information content (AvgIpc) is 2.99. The Kier molecular flexibility index (Phi) is 4.84. The summed E-state index contributed by atoms with van der Waals surface area (Å²) in [6.45, 7) is 0. The highest BCUT2D eigenvalue weighted by molar-refractivity contribution is 7.97. The molecule has 5 nitrogen and oxygen atoms in total. The number of rotatable bonds is 4. The predicted molar refractivity (Wildman–Crippen MR) is 79.4 cm³/mol. The number of aromatic amines is 1. The van der Waals surface area contributed by atoms with Crippen molar-refractivity contribution in [1.29, 1.82) is 0 Å². The normalized spacial score (nSPS) is 10.1. The molecule has 0 bridgehead atoms. The van der Waals surface area contributed by atoms with Gasteiger partial charge in [0.05, 0.1) is 0 Å². The molecular weight excluding hydrogens is 274 g/mol. The van der Waals surface area contributed by atoms with Gasteiger partial charge in [0, 0.05) is 17.5 Å². The van der Waals surface area contributed by atoms with E-state index in [-0.39, 0.29) is 11.8 Å². The first kappa shape index (κ1) is 14.2. The minimum atomic E-state index is -0.386. The average molecular weight is 289 g/mol. The Labute approximate surface area is 121 Å². The second-order valence-corrected chi connectivity index (χ2v) is 4.99. The van der Waals surface area contributed by atoms with Gasteiger partial charge < -0.3 is 4.98 Å². The van der Waals surface area contributed by atoms with Crippen LogP contribution in [0.3, 0.4) is 0 Å². The van der Waals surface area contributed by atoms with Crippen LogP contribution in [0.4, 0.5) is 0 Å². The van der Waals surface area contributed by atoms with E-state index in [0.29, 0.717) is 11.3 Å². The second-order valence-electron chi connectivity index (χ2n) is 4.13. The van der Waals surface area contributed by atoms with Gasteiger partial charge in [0.15, 0.2) is 0 Å². The van der Waals surface area contributed by atoms with Crippen molar-refractivity contribution in [2.45, 2.75) is 5.75 Å². The first-order chi connectivity index (χ1) is 9.70. The second kappa shape index (κ2) is 6.81. The van der Waals surface area contributed by atoms with Gasteiger partial charge in [-0.05, 0) is 36.1 Å². The summed E-state index contributed by atoms with van der Waals surface area (Å²) < 4.78 is 0. The van der Waals surface area contributed by atoms with Gasteiger partial charge in [-0.15, -0.1) is 0 Å². The smallest absolute Gasteiger partial charge is 0.286 e. The summed E-state index contributed by atoms with van der Waals surface area (Å²) >= 11 is 1.69. The van der Waals surface area contributed by atoms with E-state index >= 15 is 0 Å². The van der Waals surface area contributed by atoms with Crippen LogP contribution < -0.4 is 10.9 Å². The number of carbonyl (C=O) groups excluding carboxylic acids is 2. The van der Waals surface area contributed by atoms with Crippen LogP contribution in [0.15, 0.2) is 42.6 Å². The van der Waals surface area contributed by atoms with Crippen LogP contribution >= 0.6 is 11.8 Å². The van der Waals surface area contributed by atoms with Crippen LogP contribution in [-0.4, -0.2) is 23.1 Å². The Morgan fingerprint density at radius 1 is 1.15 bits per heavy atom. The van der Waals surface area contributed by atoms with E-state index in [2.05, 4.69) is 15.8 Å². The molecule has 20 heavy (non-hydrogen) atoms. The molecule has 0 aliphatic heterocycles.